The summed E-state index contributed by atoms with van der Waals surface area (Å²) in [5.41, 5.74) is 6.25. The number of hydrogen-bond acceptors (Lipinski definition) is 7. The van der Waals surface area contributed by atoms with Crippen LogP contribution in [0.4, 0.5) is 4.79 Å². The third kappa shape index (κ3) is 10.3. The average Bonchev–Trinajstić information content (AvgIpc) is 3.05. The van der Waals surface area contributed by atoms with Crippen molar-refractivity contribution in [2.75, 3.05) is 18.8 Å². The summed E-state index contributed by atoms with van der Waals surface area (Å²) in [6, 6.07) is 26.9. The number of ether oxygens (including phenoxy) is 1. The number of benzene rings is 3. The molecule has 1 unspecified atom stereocenters. The van der Waals surface area contributed by atoms with Gasteiger partial charge in [0, 0.05) is 5.75 Å². The van der Waals surface area contributed by atoms with Crippen LogP contribution < -0.4 is 27.0 Å². The second kappa shape index (κ2) is 17.4. The van der Waals surface area contributed by atoms with E-state index in [0.717, 1.165) is 16.7 Å². The number of alkyl carbamates (subject to hydrolysis) is 1. The number of unbranched alkanes of at least 4 members (excludes halogenated alkanes) is 1. The second-order valence-electron chi connectivity index (χ2n) is 11.8. The summed E-state index contributed by atoms with van der Waals surface area (Å²) < 4.78 is 5.29. The molecule has 3 rings (SSSR count). The first-order valence-electron chi connectivity index (χ1n) is 15.4. The van der Waals surface area contributed by atoms with Crippen LogP contribution in [0.2, 0.25) is 0 Å². The third-order valence-corrected chi connectivity index (χ3v) is 7.51. The molecule has 0 fully saturated rings. The predicted octanol–water partition coefficient (Wildman–Crippen LogP) is 3.65. The molecule has 0 spiro atoms. The maximum Gasteiger partial charge on any atom is 0.408 e. The highest BCUT2D eigenvalue weighted by atomic mass is 32.1. The lowest BCUT2D eigenvalue weighted by Crippen LogP contribution is -2.57. The van der Waals surface area contributed by atoms with E-state index in [0.29, 0.717) is 25.8 Å². The fourth-order valence-corrected chi connectivity index (χ4v) is 5.25. The van der Waals surface area contributed by atoms with Crippen LogP contribution in [-0.2, 0) is 24.7 Å². The van der Waals surface area contributed by atoms with E-state index in [4.69, 9.17) is 10.5 Å². The SMILES string of the molecule is CC(C)(C)OC(=O)NC(CCCCN)C(=O)NCC(=O)N[C@H](CS)C(=O)NC(c1ccccc1)(c1ccccc1)c1ccccc1. The van der Waals surface area contributed by atoms with Crippen molar-refractivity contribution in [2.45, 2.75) is 63.3 Å². The smallest absolute Gasteiger partial charge is 0.408 e. The highest BCUT2D eigenvalue weighted by Crippen LogP contribution is 2.36. The van der Waals surface area contributed by atoms with Gasteiger partial charge < -0.3 is 31.7 Å². The molecule has 0 bridgehead atoms. The zero-order valence-electron chi connectivity index (χ0n) is 26.6. The molecule has 0 aliphatic carbocycles. The van der Waals surface area contributed by atoms with E-state index in [2.05, 4.69) is 33.9 Å². The van der Waals surface area contributed by atoms with Crippen molar-refractivity contribution >= 4 is 36.4 Å². The highest BCUT2D eigenvalue weighted by molar-refractivity contribution is 7.80. The van der Waals surface area contributed by atoms with E-state index in [1.807, 2.05) is 91.0 Å². The number of nitrogens with one attached hydrogen (secondary N) is 4. The number of amides is 4. The summed E-state index contributed by atoms with van der Waals surface area (Å²) in [4.78, 5) is 52.3. The summed E-state index contributed by atoms with van der Waals surface area (Å²) in [6.07, 6.45) is 0.821. The van der Waals surface area contributed by atoms with Crippen LogP contribution in [0.5, 0.6) is 0 Å². The molecule has 0 saturated carbocycles. The van der Waals surface area contributed by atoms with Crippen LogP contribution >= 0.6 is 12.6 Å². The first-order chi connectivity index (χ1) is 22.0. The molecule has 3 aromatic rings. The van der Waals surface area contributed by atoms with Crippen molar-refractivity contribution in [3.05, 3.63) is 108 Å². The van der Waals surface area contributed by atoms with Crippen LogP contribution in [0.25, 0.3) is 0 Å². The predicted molar refractivity (Wildman–Crippen MR) is 182 cm³/mol. The summed E-state index contributed by atoms with van der Waals surface area (Å²) in [5, 5.41) is 11.1. The van der Waals surface area contributed by atoms with Gasteiger partial charge in [0.2, 0.25) is 17.7 Å². The van der Waals surface area contributed by atoms with Crippen molar-refractivity contribution in [3.8, 4) is 0 Å². The molecule has 0 saturated heterocycles. The summed E-state index contributed by atoms with van der Waals surface area (Å²) in [7, 11) is 0. The van der Waals surface area contributed by atoms with Gasteiger partial charge >= 0.3 is 6.09 Å². The number of hydrogen-bond donors (Lipinski definition) is 6. The van der Waals surface area contributed by atoms with Crippen molar-refractivity contribution < 1.29 is 23.9 Å². The summed E-state index contributed by atoms with van der Waals surface area (Å²) in [6.45, 7) is 5.19. The Morgan fingerprint density at radius 2 is 1.24 bits per heavy atom. The summed E-state index contributed by atoms with van der Waals surface area (Å²) >= 11 is 4.37. The molecule has 0 aliphatic heterocycles. The maximum absolute atomic E-state index is 13.9. The number of rotatable bonds is 15. The van der Waals surface area contributed by atoms with Crippen molar-refractivity contribution in [2.24, 2.45) is 5.73 Å². The lowest BCUT2D eigenvalue weighted by atomic mass is 9.77. The van der Waals surface area contributed by atoms with Gasteiger partial charge in [-0.1, -0.05) is 91.0 Å². The molecule has 0 aliphatic rings. The van der Waals surface area contributed by atoms with E-state index >= 15 is 0 Å². The molecule has 0 aromatic heterocycles. The summed E-state index contributed by atoms with van der Waals surface area (Å²) in [5.74, 6) is -1.61. The van der Waals surface area contributed by atoms with Gasteiger partial charge in [0.15, 0.2) is 0 Å². The van der Waals surface area contributed by atoms with E-state index in [1.165, 1.54) is 0 Å². The van der Waals surface area contributed by atoms with Gasteiger partial charge in [-0.3, -0.25) is 14.4 Å². The zero-order valence-corrected chi connectivity index (χ0v) is 27.5. The van der Waals surface area contributed by atoms with Crippen LogP contribution in [-0.4, -0.2) is 60.3 Å². The zero-order chi connectivity index (χ0) is 33.6. The van der Waals surface area contributed by atoms with Crippen LogP contribution in [0.15, 0.2) is 91.0 Å². The Bertz CT molecular complexity index is 1320. The van der Waals surface area contributed by atoms with Gasteiger partial charge in [-0.05, 0) is 63.3 Å². The van der Waals surface area contributed by atoms with E-state index in [1.54, 1.807) is 20.8 Å². The van der Waals surface area contributed by atoms with E-state index in [-0.39, 0.29) is 5.75 Å². The first-order valence-corrected chi connectivity index (χ1v) is 16.0. The number of nitrogens with two attached hydrogens (primary N) is 1. The Kier molecular flexibility index (Phi) is 13.6. The number of carbonyl (C=O) groups is 4. The molecule has 6 N–H and O–H groups in total. The Labute approximate surface area is 276 Å². The molecular formula is C35H45N5O5S. The molecule has 0 heterocycles. The number of thiol groups is 1. The molecule has 4 amide bonds. The monoisotopic (exact) mass is 647 g/mol. The Morgan fingerprint density at radius 3 is 1.67 bits per heavy atom. The Balaban J connectivity index is 1.77. The van der Waals surface area contributed by atoms with Gasteiger partial charge in [-0.15, -0.1) is 0 Å². The van der Waals surface area contributed by atoms with Crippen LogP contribution in [0.3, 0.4) is 0 Å². The Hall–Kier alpha value is -4.35. The maximum atomic E-state index is 13.9. The minimum absolute atomic E-state index is 0.00187. The van der Waals surface area contributed by atoms with Crippen LogP contribution in [0.1, 0.15) is 56.7 Å². The standard InChI is InChI=1S/C35H45N5O5S/c1-34(2,3)45-33(44)39-28(21-13-14-22-36)31(42)37-23-30(41)38-29(24-46)32(43)40-35(25-15-7-4-8-16-25,26-17-9-5-10-18-26)27-19-11-6-12-20-27/h4-12,15-20,28-29,46H,13-14,21-24,36H2,1-3H3,(H,37,42)(H,38,41)(H,39,44)(H,40,43)/t28?,29-/m1/s1. The number of carbonyl (C=O) groups excluding carboxylic acids is 4. The van der Waals surface area contributed by atoms with Crippen molar-refractivity contribution in [1.29, 1.82) is 0 Å². The fourth-order valence-electron chi connectivity index (χ4n) is 4.99. The van der Waals surface area contributed by atoms with Crippen molar-refractivity contribution in [3.63, 3.8) is 0 Å². The highest BCUT2D eigenvalue weighted by Gasteiger charge is 2.39. The Morgan fingerprint density at radius 1 is 0.739 bits per heavy atom. The molecular weight excluding hydrogens is 602 g/mol. The lowest BCUT2D eigenvalue weighted by molar-refractivity contribution is -0.130. The molecule has 0 radical (unpaired) electrons. The van der Waals surface area contributed by atoms with Gasteiger partial charge in [0.25, 0.3) is 0 Å². The van der Waals surface area contributed by atoms with E-state index in [9.17, 15) is 19.2 Å². The average molecular weight is 648 g/mol. The minimum atomic E-state index is -1.08. The molecule has 11 heteroatoms. The van der Waals surface area contributed by atoms with Crippen LogP contribution in [0, 0.1) is 0 Å². The topological polar surface area (TPSA) is 152 Å². The molecule has 3 aromatic carbocycles. The normalized spacial score (nSPS) is 12.7. The van der Waals surface area contributed by atoms with Crippen molar-refractivity contribution in [1.82, 2.24) is 21.3 Å². The molecule has 46 heavy (non-hydrogen) atoms. The quantitative estimate of drug-likeness (QED) is 0.0842. The first kappa shape index (κ1) is 36.1. The van der Waals surface area contributed by atoms with Gasteiger partial charge in [0.05, 0.1) is 6.54 Å². The molecule has 2 atom stereocenters. The fraction of sp³-hybridized carbons (Fsp3) is 0.371. The third-order valence-electron chi connectivity index (χ3n) is 7.14. The largest absolute Gasteiger partial charge is 0.444 e. The molecule has 10 nitrogen and oxygen atoms in total. The lowest BCUT2D eigenvalue weighted by Gasteiger charge is -2.38. The van der Waals surface area contributed by atoms with E-state index < -0.39 is 53.6 Å². The van der Waals surface area contributed by atoms with Gasteiger partial charge in [0.1, 0.15) is 23.2 Å². The van der Waals surface area contributed by atoms with Gasteiger partial charge in [-0.25, -0.2) is 4.79 Å². The van der Waals surface area contributed by atoms with Gasteiger partial charge in [-0.2, -0.15) is 12.6 Å². The second-order valence-corrected chi connectivity index (χ2v) is 12.2. The molecule has 246 valence electrons. The minimum Gasteiger partial charge on any atom is -0.444 e.